The van der Waals surface area contributed by atoms with Gasteiger partial charge >= 0.3 is 0 Å². The number of nitrogens with zero attached hydrogens (tertiary/aromatic N) is 5. The molecule has 45 heavy (non-hydrogen) atoms. The Balaban J connectivity index is 1.34. The van der Waals surface area contributed by atoms with Gasteiger partial charge in [-0.2, -0.15) is 0 Å². The maximum absolute atomic E-state index is 15.1. The highest BCUT2D eigenvalue weighted by atomic mass is 32.2. The first kappa shape index (κ1) is 29.9. The van der Waals surface area contributed by atoms with Crippen LogP contribution in [0.5, 0.6) is 0 Å². The van der Waals surface area contributed by atoms with Gasteiger partial charge in [0.05, 0.1) is 13.2 Å². The van der Waals surface area contributed by atoms with Gasteiger partial charge in [-0.1, -0.05) is 49.4 Å². The van der Waals surface area contributed by atoms with Gasteiger partial charge in [-0.3, -0.25) is 4.79 Å². The van der Waals surface area contributed by atoms with Crippen LogP contribution in [0.1, 0.15) is 43.6 Å². The van der Waals surface area contributed by atoms with Gasteiger partial charge in [0.2, 0.25) is 10.0 Å². The molecule has 1 N–H and O–H groups in total. The highest BCUT2D eigenvalue weighted by molar-refractivity contribution is 7.92. The summed E-state index contributed by atoms with van der Waals surface area (Å²) < 4.78 is 37.7. The Bertz CT molecular complexity index is 1970. The second-order valence-electron chi connectivity index (χ2n) is 13.3. The van der Waals surface area contributed by atoms with E-state index in [1.165, 1.54) is 16.6 Å². The summed E-state index contributed by atoms with van der Waals surface area (Å²) in [4.78, 5) is 18.1. The van der Waals surface area contributed by atoms with Crippen LogP contribution in [0.25, 0.3) is 16.5 Å². The van der Waals surface area contributed by atoms with Crippen molar-refractivity contribution >= 4 is 26.5 Å². The molecule has 236 valence electrons. The maximum Gasteiger partial charge on any atom is 0.273 e. The molecular formula is C34H40N6O4S. The van der Waals surface area contributed by atoms with Gasteiger partial charge in [0, 0.05) is 55.7 Å². The largest absolute Gasteiger partial charge is 0.379 e. The van der Waals surface area contributed by atoms with Crippen LogP contribution in [0.3, 0.4) is 0 Å². The van der Waals surface area contributed by atoms with Crippen LogP contribution < -0.4 is 5.56 Å². The lowest BCUT2D eigenvalue weighted by Gasteiger charge is -2.44. The van der Waals surface area contributed by atoms with Crippen molar-refractivity contribution in [3.8, 4) is 0 Å². The van der Waals surface area contributed by atoms with Crippen molar-refractivity contribution in [3.05, 3.63) is 101 Å². The summed E-state index contributed by atoms with van der Waals surface area (Å²) in [5.41, 5.74) is 2.06. The Kier molecular flexibility index (Phi) is 7.45. The van der Waals surface area contributed by atoms with E-state index in [-0.39, 0.29) is 16.8 Å². The first-order valence-electron chi connectivity index (χ1n) is 15.7. The molecule has 2 aliphatic heterocycles. The van der Waals surface area contributed by atoms with Crippen molar-refractivity contribution in [1.29, 1.82) is 0 Å². The molecule has 1 aromatic carbocycles. The zero-order valence-corrected chi connectivity index (χ0v) is 26.8. The third kappa shape index (κ3) is 4.92. The Morgan fingerprint density at radius 3 is 2.76 bits per heavy atom. The summed E-state index contributed by atoms with van der Waals surface area (Å²) in [6.45, 7) is 7.67. The van der Waals surface area contributed by atoms with E-state index in [2.05, 4.69) is 39.1 Å². The number of pyridine rings is 1. The second-order valence-corrected chi connectivity index (χ2v) is 15.5. The minimum atomic E-state index is -4.16. The first-order chi connectivity index (χ1) is 21.6. The first-order valence-corrected chi connectivity index (χ1v) is 17.1. The smallest absolute Gasteiger partial charge is 0.273 e. The van der Waals surface area contributed by atoms with Crippen LogP contribution in [0.15, 0.2) is 78.1 Å². The van der Waals surface area contributed by atoms with Gasteiger partial charge in [-0.05, 0) is 61.1 Å². The van der Waals surface area contributed by atoms with E-state index in [4.69, 9.17) is 4.74 Å². The molecule has 0 radical (unpaired) electrons. The minimum Gasteiger partial charge on any atom is -0.379 e. The van der Waals surface area contributed by atoms with Gasteiger partial charge in [-0.15, -0.1) is 10.2 Å². The number of allylic oxidation sites excluding steroid dienone is 2. The molecule has 2 saturated heterocycles. The third-order valence-electron chi connectivity index (χ3n) is 10.3. The van der Waals surface area contributed by atoms with Gasteiger partial charge in [0.1, 0.15) is 22.4 Å². The fourth-order valence-corrected chi connectivity index (χ4v) is 9.55. The van der Waals surface area contributed by atoms with Crippen molar-refractivity contribution in [1.82, 2.24) is 28.6 Å². The van der Waals surface area contributed by atoms with Crippen LogP contribution in [0.2, 0.25) is 0 Å². The summed E-state index contributed by atoms with van der Waals surface area (Å²) >= 11 is 0. The number of likely N-dealkylation sites (tertiary alicyclic amines) is 1. The highest BCUT2D eigenvalue weighted by Gasteiger charge is 2.52. The molecule has 0 spiro atoms. The molecule has 3 atom stereocenters. The lowest BCUT2D eigenvalue weighted by Crippen LogP contribution is -2.52. The van der Waals surface area contributed by atoms with Crippen LogP contribution in [-0.2, 0) is 33.6 Å². The fraction of sp³-hybridized carbons (Fsp3) is 0.441. The van der Waals surface area contributed by atoms with E-state index >= 15 is 8.42 Å². The van der Waals surface area contributed by atoms with E-state index in [1.54, 1.807) is 24.7 Å². The molecule has 0 amide bonds. The standard InChI is InChI=1S/C34H40N6O4S/c1-24-7-6-15-39(19-24)20-28-10-5-11-29(33(28,2)45(42,43)40-16-13-25-12-14-35-32(41)31(25)40)26-8-4-9-27(17-26)34(21-44-22-34)18-30-37-36-23-38(30)3/h4-5,8-14,16-17,23-24,28H,6-7,15,18-22H2,1-3H3,(H,35,41)/t24?,28?,33-/m0/s1. The summed E-state index contributed by atoms with van der Waals surface area (Å²) in [5.74, 6) is 1.08. The van der Waals surface area contributed by atoms with Crippen molar-refractivity contribution in [3.63, 3.8) is 0 Å². The number of fused-ring (bicyclic) bond motifs is 1. The molecule has 5 heterocycles. The molecule has 3 aliphatic rings. The van der Waals surface area contributed by atoms with E-state index < -0.39 is 20.3 Å². The number of aromatic nitrogens is 5. The van der Waals surface area contributed by atoms with Crippen LogP contribution in [0, 0.1) is 11.8 Å². The molecule has 1 aliphatic carbocycles. The number of nitrogens with one attached hydrogen (secondary N) is 1. The van der Waals surface area contributed by atoms with Gasteiger partial charge in [0.15, 0.2) is 0 Å². The number of hydrogen-bond acceptors (Lipinski definition) is 7. The monoisotopic (exact) mass is 628 g/mol. The maximum atomic E-state index is 15.1. The van der Waals surface area contributed by atoms with Gasteiger partial charge < -0.3 is 19.2 Å². The number of rotatable bonds is 8. The molecule has 3 aromatic heterocycles. The number of hydrogen-bond donors (Lipinski definition) is 1. The predicted octanol–water partition coefficient (Wildman–Crippen LogP) is 3.91. The lowest BCUT2D eigenvalue weighted by molar-refractivity contribution is -0.0611. The zero-order valence-electron chi connectivity index (χ0n) is 26.0. The average Bonchev–Trinajstić information content (AvgIpc) is 3.63. The fourth-order valence-electron chi connectivity index (χ4n) is 7.49. The Morgan fingerprint density at radius 1 is 1.18 bits per heavy atom. The highest BCUT2D eigenvalue weighted by Crippen LogP contribution is 2.46. The second kappa shape index (κ2) is 11.2. The number of aryl methyl sites for hydroxylation is 1. The van der Waals surface area contributed by atoms with Crippen molar-refractivity contribution in [2.24, 2.45) is 18.9 Å². The van der Waals surface area contributed by atoms with E-state index in [0.29, 0.717) is 43.1 Å². The molecular weight excluding hydrogens is 588 g/mol. The predicted molar refractivity (Wildman–Crippen MR) is 174 cm³/mol. The average molecular weight is 629 g/mol. The zero-order chi connectivity index (χ0) is 31.4. The number of aromatic amines is 1. The van der Waals surface area contributed by atoms with Crippen LogP contribution >= 0.6 is 0 Å². The number of piperidine rings is 1. The van der Waals surface area contributed by atoms with E-state index in [1.807, 2.05) is 48.9 Å². The Hall–Kier alpha value is -3.80. The molecule has 7 rings (SSSR count). The molecule has 10 nitrogen and oxygen atoms in total. The summed E-state index contributed by atoms with van der Waals surface area (Å²) in [7, 11) is -2.22. The molecule has 2 unspecified atom stereocenters. The quantitative estimate of drug-likeness (QED) is 0.315. The van der Waals surface area contributed by atoms with Gasteiger partial charge in [0.25, 0.3) is 5.56 Å². The van der Waals surface area contributed by atoms with Crippen molar-refractivity contribution < 1.29 is 13.2 Å². The molecule has 2 fully saturated rings. The van der Waals surface area contributed by atoms with Crippen LogP contribution in [0.4, 0.5) is 0 Å². The molecule has 0 bridgehead atoms. The Labute approximate surface area is 263 Å². The summed E-state index contributed by atoms with van der Waals surface area (Å²) in [6, 6.07) is 11.7. The molecule has 4 aromatic rings. The number of H-pyrrole nitrogens is 1. The van der Waals surface area contributed by atoms with E-state index in [0.717, 1.165) is 36.5 Å². The summed E-state index contributed by atoms with van der Waals surface area (Å²) in [5, 5.41) is 8.98. The molecule has 0 saturated carbocycles. The summed E-state index contributed by atoms with van der Waals surface area (Å²) in [6.07, 6.45) is 13.7. The van der Waals surface area contributed by atoms with Crippen molar-refractivity contribution in [2.75, 3.05) is 32.8 Å². The van der Waals surface area contributed by atoms with E-state index in [9.17, 15) is 4.79 Å². The van der Waals surface area contributed by atoms with Gasteiger partial charge in [-0.25, -0.2) is 12.4 Å². The Morgan fingerprint density at radius 2 is 2.02 bits per heavy atom. The number of ether oxygens (including phenoxy) is 1. The topological polar surface area (TPSA) is 115 Å². The van der Waals surface area contributed by atoms with Crippen LogP contribution in [-0.4, -0.2) is 74.6 Å². The molecule has 11 heteroatoms. The number of benzene rings is 1. The van der Waals surface area contributed by atoms with Crippen molar-refractivity contribution in [2.45, 2.75) is 43.3 Å². The third-order valence-corrected chi connectivity index (χ3v) is 12.7. The SMILES string of the molecule is CC1CCCN(CC2C=CC=C(c3cccc(C4(Cc5nncn5C)COC4)c3)[C@@]2(C)S(=O)(=O)n2ccc3cc[nH]c(=O)c32)C1. The lowest BCUT2D eigenvalue weighted by atomic mass is 9.73. The normalized spacial score (nSPS) is 25.3. The minimum absolute atomic E-state index is 0.140.